The molecule has 11 nitrogen and oxygen atoms in total. The van der Waals surface area contributed by atoms with E-state index >= 15 is 0 Å². The number of carbonyl (C=O) groups is 5. The smallest absolute Gasteiger partial charge is 0.243 e. The average Bonchev–Trinajstić information content (AvgIpc) is 3.10. The molecule has 1 aliphatic heterocycles. The van der Waals surface area contributed by atoms with Gasteiger partial charge in [0.25, 0.3) is 0 Å². The Hall–Kier alpha value is -2.74. The molecule has 1 heterocycles. The fraction of sp³-hybridized carbons (Fsp3) is 0.560. The highest BCUT2D eigenvalue weighted by Gasteiger charge is 2.35. The van der Waals surface area contributed by atoms with Crippen molar-refractivity contribution in [2.75, 3.05) is 19.6 Å². The summed E-state index contributed by atoms with van der Waals surface area (Å²) in [7, 11) is 0. The number of hydrogen-bond donors (Lipinski definition) is 4. The minimum Gasteiger partial charge on any atom is -0.354 e. The number of halogens is 1. The van der Waals surface area contributed by atoms with Crippen molar-refractivity contribution in [3.8, 4) is 0 Å². The second kappa shape index (κ2) is 15.5. The maximum Gasteiger partial charge on any atom is 0.243 e. The van der Waals surface area contributed by atoms with Gasteiger partial charge in [0.15, 0.2) is 0 Å². The van der Waals surface area contributed by atoms with Gasteiger partial charge in [0, 0.05) is 31.8 Å². The summed E-state index contributed by atoms with van der Waals surface area (Å²) in [5.74, 6) is -1.96. The number of likely N-dealkylation sites (tertiary alicyclic amines) is 1. The van der Waals surface area contributed by atoms with Gasteiger partial charge in [-0.3, -0.25) is 31.9 Å². The maximum atomic E-state index is 13.2. The van der Waals surface area contributed by atoms with Crippen LogP contribution in [0.5, 0.6) is 0 Å². The van der Waals surface area contributed by atoms with E-state index < -0.39 is 45.4 Å². The van der Waals surface area contributed by atoms with Gasteiger partial charge in [0.05, 0.1) is 6.54 Å². The summed E-state index contributed by atoms with van der Waals surface area (Å²) in [6.07, 6.45) is 1.21. The van der Waals surface area contributed by atoms with Gasteiger partial charge in [0.2, 0.25) is 51.0 Å². The van der Waals surface area contributed by atoms with Gasteiger partial charge in [-0.2, -0.15) is 0 Å². The molecule has 0 aliphatic carbocycles. The topological polar surface area (TPSA) is 154 Å². The van der Waals surface area contributed by atoms with Crippen LogP contribution in [0.25, 0.3) is 0 Å². The van der Waals surface area contributed by atoms with Crippen LogP contribution < -0.4 is 19.5 Å². The molecule has 1 fully saturated rings. The molecule has 0 radical (unpaired) electrons. The zero-order valence-electron chi connectivity index (χ0n) is 21.4. The zero-order chi connectivity index (χ0) is 27.4. The number of benzene rings is 1. The summed E-state index contributed by atoms with van der Waals surface area (Å²) >= 11 is -1.52. The summed E-state index contributed by atoms with van der Waals surface area (Å²) in [6.45, 7) is 5.87. The van der Waals surface area contributed by atoms with E-state index in [4.69, 9.17) is 0 Å². The van der Waals surface area contributed by atoms with Gasteiger partial charge in [-0.25, -0.2) is 3.53 Å². The van der Waals surface area contributed by atoms with Crippen molar-refractivity contribution < 1.29 is 27.0 Å². The summed E-state index contributed by atoms with van der Waals surface area (Å²) in [6, 6.07) is 7.41. The van der Waals surface area contributed by atoms with Crippen molar-refractivity contribution in [3.63, 3.8) is 0 Å². The van der Waals surface area contributed by atoms with E-state index in [1.165, 1.54) is 4.90 Å². The van der Waals surface area contributed by atoms with Crippen LogP contribution in [-0.2, 0) is 33.5 Å². The Labute approximate surface area is 227 Å². The molecule has 204 valence electrons. The van der Waals surface area contributed by atoms with Crippen LogP contribution in [0.2, 0.25) is 0 Å². The molecule has 0 saturated carbocycles. The number of imide groups is 1. The quantitative estimate of drug-likeness (QED) is 0.0976. The van der Waals surface area contributed by atoms with Crippen LogP contribution in [0.3, 0.4) is 0 Å². The molecule has 4 N–H and O–H groups in total. The van der Waals surface area contributed by atoms with Crippen LogP contribution in [0.1, 0.15) is 45.6 Å². The van der Waals surface area contributed by atoms with E-state index in [-0.39, 0.29) is 62.0 Å². The predicted molar refractivity (Wildman–Crippen MR) is 144 cm³/mol. The van der Waals surface area contributed by atoms with Crippen molar-refractivity contribution in [1.82, 2.24) is 24.4 Å². The van der Waals surface area contributed by atoms with Crippen LogP contribution in [-0.4, -0.2) is 66.2 Å². The minimum absolute atomic E-state index is 0.102. The van der Waals surface area contributed by atoms with Crippen molar-refractivity contribution >= 4 is 51.0 Å². The molecule has 37 heavy (non-hydrogen) atoms. The van der Waals surface area contributed by atoms with E-state index in [0.29, 0.717) is 12.8 Å². The van der Waals surface area contributed by atoms with Gasteiger partial charge in [0.1, 0.15) is 12.1 Å². The van der Waals surface area contributed by atoms with Gasteiger partial charge in [-0.1, -0.05) is 51.1 Å². The third-order valence-electron chi connectivity index (χ3n) is 5.88. The SMILES string of the molecule is CC(C)C[C@H](NC(=O)[C@H](Cc1ccccc1)NC(=O)CNI=O)C(=O)NCCCN1C(=O)CC(C)C1=O. The van der Waals surface area contributed by atoms with Crippen molar-refractivity contribution in [2.24, 2.45) is 11.8 Å². The van der Waals surface area contributed by atoms with Gasteiger partial charge < -0.3 is 16.0 Å². The van der Waals surface area contributed by atoms with Gasteiger partial charge in [-0.05, 0) is 24.3 Å². The molecular formula is C25H36IN5O6. The first-order chi connectivity index (χ1) is 17.6. The number of nitrogens with one attached hydrogen (secondary N) is 4. The highest BCUT2D eigenvalue weighted by atomic mass is 127. The Morgan fingerprint density at radius 3 is 2.35 bits per heavy atom. The lowest BCUT2D eigenvalue weighted by atomic mass is 10.0. The fourth-order valence-corrected chi connectivity index (χ4v) is 4.52. The number of rotatable bonds is 15. The Kier molecular flexibility index (Phi) is 12.8. The van der Waals surface area contributed by atoms with Crippen LogP contribution in [0, 0.1) is 11.8 Å². The molecular weight excluding hydrogens is 593 g/mol. The lowest BCUT2D eigenvalue weighted by molar-refractivity contribution is -0.139. The van der Waals surface area contributed by atoms with Crippen molar-refractivity contribution in [1.29, 1.82) is 0 Å². The Bertz CT molecular complexity index is 974. The Balaban J connectivity index is 1.99. The lowest BCUT2D eigenvalue weighted by Crippen LogP contribution is -2.55. The molecule has 1 aromatic carbocycles. The Morgan fingerprint density at radius 1 is 1.05 bits per heavy atom. The van der Waals surface area contributed by atoms with E-state index in [1.54, 1.807) is 6.92 Å². The van der Waals surface area contributed by atoms with E-state index in [2.05, 4.69) is 19.5 Å². The van der Waals surface area contributed by atoms with E-state index in [0.717, 1.165) is 5.56 Å². The first-order valence-electron chi connectivity index (χ1n) is 12.4. The second-order valence-electron chi connectivity index (χ2n) is 9.52. The third kappa shape index (κ3) is 10.3. The van der Waals surface area contributed by atoms with Crippen molar-refractivity contribution in [3.05, 3.63) is 35.9 Å². The lowest BCUT2D eigenvalue weighted by Gasteiger charge is -2.24. The highest BCUT2D eigenvalue weighted by Crippen LogP contribution is 2.18. The van der Waals surface area contributed by atoms with Crippen LogP contribution in [0.4, 0.5) is 0 Å². The molecule has 0 aromatic heterocycles. The van der Waals surface area contributed by atoms with Crippen LogP contribution in [0.15, 0.2) is 30.3 Å². The van der Waals surface area contributed by atoms with Gasteiger partial charge >= 0.3 is 0 Å². The number of hydrogen-bond acceptors (Lipinski definition) is 6. The van der Waals surface area contributed by atoms with Crippen LogP contribution >= 0.6 is 21.5 Å². The van der Waals surface area contributed by atoms with E-state index in [9.17, 15) is 27.0 Å². The summed E-state index contributed by atoms with van der Waals surface area (Å²) in [5.41, 5.74) is 0.831. The molecule has 3 atom stereocenters. The molecule has 1 saturated heterocycles. The number of carbonyl (C=O) groups excluding carboxylic acids is 5. The standard InChI is InChI=1S/C25H36IN5O6/c1-16(2)12-19(23(34)27-10-7-11-31-22(33)13-17(3)25(31)36)30-24(35)20(29-21(32)15-28-26-37)14-18-8-5-4-6-9-18/h4-6,8-9,16-17,19-20H,7,10-15H2,1-3H3,(H,27,34)(H,28,37)(H,29,32)(H,30,35)/t17?,19-,20-/m0/s1. The molecule has 0 bridgehead atoms. The Morgan fingerprint density at radius 2 is 1.76 bits per heavy atom. The summed E-state index contributed by atoms with van der Waals surface area (Å²) in [5, 5.41) is 8.21. The van der Waals surface area contributed by atoms with Gasteiger partial charge in [-0.15, -0.1) is 0 Å². The monoisotopic (exact) mass is 629 g/mol. The first-order valence-corrected chi connectivity index (χ1v) is 14.3. The highest BCUT2D eigenvalue weighted by molar-refractivity contribution is 14.1. The molecule has 2 rings (SSSR count). The largest absolute Gasteiger partial charge is 0.354 e. The summed E-state index contributed by atoms with van der Waals surface area (Å²) in [4.78, 5) is 63.6. The van der Waals surface area contributed by atoms with E-state index in [1.807, 2.05) is 44.2 Å². The molecule has 12 heteroatoms. The number of nitrogens with zero attached hydrogens (tertiary/aromatic N) is 1. The average molecular weight is 629 g/mol. The second-order valence-corrected chi connectivity index (χ2v) is 10.7. The minimum atomic E-state index is -1.52. The maximum absolute atomic E-state index is 13.2. The molecule has 1 unspecified atom stereocenters. The van der Waals surface area contributed by atoms with Crippen molar-refractivity contribution in [2.45, 2.75) is 58.5 Å². The number of amides is 5. The fourth-order valence-electron chi connectivity index (χ4n) is 4.02. The summed E-state index contributed by atoms with van der Waals surface area (Å²) < 4.78 is 13.3. The normalized spacial score (nSPS) is 17.0. The predicted octanol–water partition coefficient (Wildman–Crippen LogP) is 0.967. The molecule has 5 amide bonds. The first kappa shape index (κ1) is 30.5. The molecule has 1 aromatic rings. The molecule has 0 spiro atoms. The molecule has 1 aliphatic rings. The zero-order valence-corrected chi connectivity index (χ0v) is 23.6. The third-order valence-corrected chi connectivity index (χ3v) is 6.58.